The second-order valence-corrected chi connectivity index (χ2v) is 6.30. The summed E-state index contributed by atoms with van der Waals surface area (Å²) >= 11 is 0. The van der Waals surface area contributed by atoms with Crippen molar-refractivity contribution >= 4 is 11.5 Å². The summed E-state index contributed by atoms with van der Waals surface area (Å²) in [6, 6.07) is 9.17. The SMILES string of the molecule is CCOC(=O)c1cc2c(O)nc(-c3cnn(Cc4ccc(OC)cc4)c3)cn2n1. The third-order valence-electron chi connectivity index (χ3n) is 4.35. The van der Waals surface area contributed by atoms with Gasteiger partial charge in [-0.05, 0) is 24.6 Å². The fraction of sp³-hybridized carbons (Fsp3) is 0.200. The lowest BCUT2D eigenvalue weighted by molar-refractivity contribution is 0.0519. The first-order valence-electron chi connectivity index (χ1n) is 8.99. The largest absolute Gasteiger partial charge is 0.497 e. The second kappa shape index (κ2) is 7.63. The normalized spacial score (nSPS) is 11.0. The van der Waals surface area contributed by atoms with Crippen LogP contribution in [0.1, 0.15) is 23.0 Å². The van der Waals surface area contributed by atoms with Gasteiger partial charge in [-0.2, -0.15) is 10.2 Å². The van der Waals surface area contributed by atoms with E-state index >= 15 is 0 Å². The van der Waals surface area contributed by atoms with Crippen LogP contribution >= 0.6 is 0 Å². The molecule has 0 saturated heterocycles. The first-order chi connectivity index (χ1) is 14.1. The zero-order valence-electron chi connectivity index (χ0n) is 15.9. The van der Waals surface area contributed by atoms with Gasteiger partial charge in [-0.15, -0.1) is 0 Å². The van der Waals surface area contributed by atoms with Crippen molar-refractivity contribution in [3.63, 3.8) is 0 Å². The second-order valence-electron chi connectivity index (χ2n) is 6.30. The van der Waals surface area contributed by atoms with Crippen LogP contribution < -0.4 is 4.74 Å². The molecule has 1 aromatic carbocycles. The van der Waals surface area contributed by atoms with E-state index in [1.165, 1.54) is 10.6 Å². The number of nitrogens with zero attached hydrogens (tertiary/aromatic N) is 5. The fourth-order valence-corrected chi connectivity index (χ4v) is 2.92. The van der Waals surface area contributed by atoms with E-state index in [9.17, 15) is 9.90 Å². The van der Waals surface area contributed by atoms with Crippen LogP contribution in [0, 0.1) is 0 Å². The van der Waals surface area contributed by atoms with E-state index in [2.05, 4.69) is 15.2 Å². The quantitative estimate of drug-likeness (QED) is 0.502. The molecular weight excluding hydrogens is 374 g/mol. The third kappa shape index (κ3) is 3.75. The lowest BCUT2D eigenvalue weighted by Crippen LogP contribution is -2.05. The number of aromatic hydroxyl groups is 1. The van der Waals surface area contributed by atoms with Gasteiger partial charge in [0.15, 0.2) is 5.69 Å². The van der Waals surface area contributed by atoms with Gasteiger partial charge in [0.25, 0.3) is 0 Å². The van der Waals surface area contributed by atoms with Crippen molar-refractivity contribution in [1.29, 1.82) is 0 Å². The van der Waals surface area contributed by atoms with Crippen LogP contribution in [0.15, 0.2) is 48.9 Å². The van der Waals surface area contributed by atoms with E-state index in [-0.39, 0.29) is 18.2 Å². The van der Waals surface area contributed by atoms with Crippen molar-refractivity contribution in [2.24, 2.45) is 0 Å². The highest BCUT2D eigenvalue weighted by Gasteiger charge is 2.16. The fourth-order valence-electron chi connectivity index (χ4n) is 2.92. The molecule has 0 aliphatic rings. The van der Waals surface area contributed by atoms with Crippen molar-refractivity contribution < 1.29 is 19.4 Å². The first kappa shape index (κ1) is 18.5. The average molecular weight is 393 g/mol. The van der Waals surface area contributed by atoms with Crippen LogP contribution in [0.2, 0.25) is 0 Å². The Labute approximate surface area is 166 Å². The number of esters is 1. The maximum Gasteiger partial charge on any atom is 0.358 e. The number of hydrogen-bond acceptors (Lipinski definition) is 7. The smallest absolute Gasteiger partial charge is 0.358 e. The minimum atomic E-state index is -0.551. The molecule has 148 valence electrons. The van der Waals surface area contributed by atoms with E-state index in [0.717, 1.165) is 11.3 Å². The summed E-state index contributed by atoms with van der Waals surface area (Å²) in [7, 11) is 1.63. The Morgan fingerprint density at radius 1 is 1.21 bits per heavy atom. The van der Waals surface area contributed by atoms with Gasteiger partial charge in [0.2, 0.25) is 5.88 Å². The maximum absolute atomic E-state index is 11.9. The summed E-state index contributed by atoms with van der Waals surface area (Å²) in [5.74, 6) is 0.0159. The Balaban J connectivity index is 1.60. The number of aromatic nitrogens is 5. The molecule has 3 heterocycles. The molecule has 0 unspecified atom stereocenters. The zero-order chi connectivity index (χ0) is 20.4. The predicted molar refractivity (Wildman–Crippen MR) is 104 cm³/mol. The van der Waals surface area contributed by atoms with Crippen LogP contribution in [0.4, 0.5) is 0 Å². The molecule has 0 radical (unpaired) electrons. The standard InChI is InChI=1S/C20H19N5O4/c1-3-29-20(27)16-8-18-19(26)22-17(12-25(18)23-16)14-9-21-24(11-14)10-13-4-6-15(28-2)7-5-13/h4-9,11-12H,3,10H2,1-2H3,(H,22,26). The number of hydrogen-bond donors (Lipinski definition) is 1. The molecular formula is C20H19N5O4. The van der Waals surface area contributed by atoms with Gasteiger partial charge < -0.3 is 14.6 Å². The molecule has 9 heteroatoms. The highest BCUT2D eigenvalue weighted by molar-refractivity contribution is 5.89. The molecule has 4 rings (SSSR count). The van der Waals surface area contributed by atoms with Crippen molar-refractivity contribution in [3.05, 3.63) is 60.2 Å². The molecule has 0 bridgehead atoms. The maximum atomic E-state index is 11.9. The minimum Gasteiger partial charge on any atom is -0.497 e. The molecule has 0 saturated carbocycles. The number of methoxy groups -OCH3 is 1. The Kier molecular flexibility index (Phi) is 4.86. The summed E-state index contributed by atoms with van der Waals surface area (Å²) in [6.07, 6.45) is 5.12. The highest BCUT2D eigenvalue weighted by Crippen LogP contribution is 2.24. The van der Waals surface area contributed by atoms with Crippen LogP contribution in [0.3, 0.4) is 0 Å². The Hall–Kier alpha value is -3.88. The van der Waals surface area contributed by atoms with E-state index in [4.69, 9.17) is 9.47 Å². The van der Waals surface area contributed by atoms with Gasteiger partial charge in [0.1, 0.15) is 11.3 Å². The number of fused-ring (bicyclic) bond motifs is 1. The molecule has 0 fully saturated rings. The molecule has 4 aromatic rings. The Morgan fingerprint density at radius 2 is 2.00 bits per heavy atom. The van der Waals surface area contributed by atoms with E-state index in [1.54, 1.807) is 31.1 Å². The van der Waals surface area contributed by atoms with Crippen LogP contribution in [-0.4, -0.2) is 49.2 Å². The van der Waals surface area contributed by atoms with E-state index < -0.39 is 5.97 Å². The van der Waals surface area contributed by atoms with Crippen LogP contribution in [0.25, 0.3) is 16.8 Å². The minimum absolute atomic E-state index is 0.108. The molecule has 9 nitrogen and oxygen atoms in total. The third-order valence-corrected chi connectivity index (χ3v) is 4.35. The van der Waals surface area contributed by atoms with Crippen LogP contribution in [0.5, 0.6) is 11.6 Å². The Bertz CT molecular complexity index is 1160. The van der Waals surface area contributed by atoms with Gasteiger partial charge in [-0.1, -0.05) is 12.1 Å². The van der Waals surface area contributed by atoms with Gasteiger partial charge in [-0.3, -0.25) is 4.68 Å². The van der Waals surface area contributed by atoms with Crippen molar-refractivity contribution in [1.82, 2.24) is 24.4 Å². The predicted octanol–water partition coefficient (Wildman–Crippen LogP) is 2.53. The molecule has 3 aromatic heterocycles. The summed E-state index contributed by atoms with van der Waals surface area (Å²) in [5, 5.41) is 18.8. The molecule has 29 heavy (non-hydrogen) atoms. The number of rotatable bonds is 6. The Morgan fingerprint density at radius 3 is 2.72 bits per heavy atom. The monoisotopic (exact) mass is 393 g/mol. The zero-order valence-corrected chi connectivity index (χ0v) is 15.9. The molecule has 0 amide bonds. The molecule has 0 spiro atoms. The lowest BCUT2D eigenvalue weighted by atomic mass is 10.2. The van der Waals surface area contributed by atoms with Gasteiger partial charge >= 0.3 is 5.97 Å². The summed E-state index contributed by atoms with van der Waals surface area (Å²) < 4.78 is 13.3. The van der Waals surface area contributed by atoms with Crippen molar-refractivity contribution in [2.45, 2.75) is 13.5 Å². The first-order valence-corrected chi connectivity index (χ1v) is 8.99. The van der Waals surface area contributed by atoms with E-state index in [0.29, 0.717) is 23.3 Å². The highest BCUT2D eigenvalue weighted by atomic mass is 16.5. The number of benzene rings is 1. The summed E-state index contributed by atoms with van der Waals surface area (Å²) in [5.41, 5.74) is 2.69. The summed E-state index contributed by atoms with van der Waals surface area (Å²) in [6.45, 7) is 2.54. The average Bonchev–Trinajstić information content (AvgIpc) is 3.36. The van der Waals surface area contributed by atoms with Crippen molar-refractivity contribution in [2.75, 3.05) is 13.7 Å². The summed E-state index contributed by atoms with van der Waals surface area (Å²) in [4.78, 5) is 16.1. The molecule has 1 N–H and O–H groups in total. The molecule has 0 aliphatic heterocycles. The number of carbonyl (C=O) groups is 1. The lowest BCUT2D eigenvalue weighted by Gasteiger charge is -2.04. The van der Waals surface area contributed by atoms with Gasteiger partial charge in [0.05, 0.1) is 38.3 Å². The van der Waals surface area contributed by atoms with Gasteiger partial charge in [0, 0.05) is 17.8 Å². The van der Waals surface area contributed by atoms with Crippen molar-refractivity contribution in [3.8, 4) is 22.9 Å². The number of carbonyl (C=O) groups excluding carboxylic acids is 1. The topological polar surface area (TPSA) is 104 Å². The van der Waals surface area contributed by atoms with Crippen LogP contribution in [-0.2, 0) is 11.3 Å². The number of ether oxygens (including phenoxy) is 2. The molecule has 0 atom stereocenters. The van der Waals surface area contributed by atoms with Gasteiger partial charge in [-0.25, -0.2) is 14.3 Å². The van der Waals surface area contributed by atoms with E-state index in [1.807, 2.05) is 30.5 Å². The molecule has 0 aliphatic carbocycles.